The van der Waals surface area contributed by atoms with E-state index in [1.807, 2.05) is 68.4 Å². The number of Topliss-reactive ketones (excluding diaryl/α,β-unsaturated/α-hetero) is 1. The highest BCUT2D eigenvalue weighted by atomic mass is 16.5. The monoisotopic (exact) mass is 460 g/mol. The van der Waals surface area contributed by atoms with Crippen molar-refractivity contribution in [1.29, 1.82) is 0 Å². The number of carbonyl (C=O) groups excluding carboxylic acids is 2. The Balaban J connectivity index is 1.83. The van der Waals surface area contributed by atoms with E-state index in [0.717, 1.165) is 5.69 Å². The second-order valence-electron chi connectivity index (χ2n) is 8.46. The van der Waals surface area contributed by atoms with Crippen LogP contribution < -0.4 is 4.74 Å². The molecule has 0 bridgehead atoms. The van der Waals surface area contributed by atoms with Crippen LogP contribution in [0.5, 0.6) is 5.75 Å². The van der Waals surface area contributed by atoms with Crippen molar-refractivity contribution in [3.8, 4) is 11.4 Å². The van der Waals surface area contributed by atoms with Gasteiger partial charge < -0.3 is 19.6 Å². The summed E-state index contributed by atoms with van der Waals surface area (Å²) < 4.78 is 6.95. The number of benzene rings is 2. The van der Waals surface area contributed by atoms with Gasteiger partial charge in [-0.1, -0.05) is 30.3 Å². The number of methoxy groups -OCH3 is 1. The van der Waals surface area contributed by atoms with Crippen LogP contribution in [0.3, 0.4) is 0 Å². The fourth-order valence-electron chi connectivity index (χ4n) is 4.17. The van der Waals surface area contributed by atoms with E-state index in [9.17, 15) is 14.7 Å². The minimum atomic E-state index is -0.717. The van der Waals surface area contributed by atoms with Crippen LogP contribution in [0.25, 0.3) is 11.4 Å². The molecule has 8 nitrogen and oxygen atoms in total. The molecule has 0 saturated carbocycles. The van der Waals surface area contributed by atoms with E-state index < -0.39 is 17.7 Å². The first kappa shape index (κ1) is 23.3. The van der Waals surface area contributed by atoms with Gasteiger partial charge in [0.1, 0.15) is 11.5 Å². The van der Waals surface area contributed by atoms with Gasteiger partial charge >= 0.3 is 0 Å². The molecule has 0 unspecified atom stereocenters. The van der Waals surface area contributed by atoms with Gasteiger partial charge in [-0.05, 0) is 50.8 Å². The SMILES string of the molecule is COc1ccc([C@@H]2C(=C(O)c3cnn(-c4ccccc4)c3C)C(=O)C(=O)N2CCN(C)C)cc1. The van der Waals surface area contributed by atoms with Gasteiger partial charge in [0.25, 0.3) is 11.7 Å². The summed E-state index contributed by atoms with van der Waals surface area (Å²) in [6, 6.07) is 16.0. The van der Waals surface area contributed by atoms with Crippen LogP contribution in [-0.2, 0) is 9.59 Å². The lowest BCUT2D eigenvalue weighted by molar-refractivity contribution is -0.140. The molecule has 1 saturated heterocycles. The van der Waals surface area contributed by atoms with Crippen molar-refractivity contribution >= 4 is 17.4 Å². The first-order valence-electron chi connectivity index (χ1n) is 11.0. The topological polar surface area (TPSA) is 87.9 Å². The number of aliphatic hydroxyl groups is 1. The molecule has 1 amide bonds. The molecular formula is C26H28N4O4. The Bertz CT molecular complexity index is 1230. The number of likely N-dealkylation sites (tertiary alicyclic amines) is 1. The van der Waals surface area contributed by atoms with E-state index >= 15 is 0 Å². The summed E-state index contributed by atoms with van der Waals surface area (Å²) in [6.45, 7) is 2.73. The van der Waals surface area contributed by atoms with E-state index in [1.165, 1.54) is 11.1 Å². The maximum Gasteiger partial charge on any atom is 0.295 e. The Kier molecular flexibility index (Phi) is 6.51. The number of para-hydroxylation sites is 1. The first-order valence-corrected chi connectivity index (χ1v) is 11.0. The third kappa shape index (κ3) is 4.20. The van der Waals surface area contributed by atoms with Crippen molar-refractivity contribution in [2.75, 3.05) is 34.3 Å². The highest BCUT2D eigenvalue weighted by Gasteiger charge is 2.46. The minimum Gasteiger partial charge on any atom is -0.507 e. The quantitative estimate of drug-likeness (QED) is 0.331. The predicted octanol–water partition coefficient (Wildman–Crippen LogP) is 3.17. The van der Waals surface area contributed by atoms with Crippen LogP contribution in [0.2, 0.25) is 0 Å². The Morgan fingerprint density at radius 3 is 2.38 bits per heavy atom. The van der Waals surface area contributed by atoms with Gasteiger partial charge in [-0.2, -0.15) is 5.10 Å². The molecule has 2 aromatic carbocycles. The number of aliphatic hydroxyl groups excluding tert-OH is 1. The van der Waals surface area contributed by atoms with Gasteiger partial charge in [0.15, 0.2) is 0 Å². The van der Waals surface area contributed by atoms with E-state index in [4.69, 9.17) is 4.74 Å². The van der Waals surface area contributed by atoms with Crippen LogP contribution in [0.1, 0.15) is 22.9 Å². The third-order valence-electron chi connectivity index (χ3n) is 6.03. The average molecular weight is 461 g/mol. The highest BCUT2D eigenvalue weighted by Crippen LogP contribution is 2.40. The summed E-state index contributed by atoms with van der Waals surface area (Å²) in [6.07, 6.45) is 1.52. The second kappa shape index (κ2) is 9.52. The largest absolute Gasteiger partial charge is 0.507 e. The van der Waals surface area contributed by atoms with Crippen molar-refractivity contribution in [3.05, 3.63) is 83.2 Å². The summed E-state index contributed by atoms with van der Waals surface area (Å²) in [5.74, 6) is -0.901. The number of nitrogens with zero attached hydrogens (tertiary/aromatic N) is 4. The molecule has 1 aliphatic rings. The van der Waals surface area contributed by atoms with Gasteiger partial charge in [-0.3, -0.25) is 9.59 Å². The molecule has 0 radical (unpaired) electrons. The summed E-state index contributed by atoms with van der Waals surface area (Å²) in [7, 11) is 5.38. The molecule has 2 heterocycles. The maximum atomic E-state index is 13.2. The zero-order chi connectivity index (χ0) is 24.4. The lowest BCUT2D eigenvalue weighted by Gasteiger charge is -2.26. The molecule has 4 rings (SSSR count). The molecule has 34 heavy (non-hydrogen) atoms. The van der Waals surface area contributed by atoms with Crippen molar-refractivity contribution in [3.63, 3.8) is 0 Å². The van der Waals surface area contributed by atoms with E-state index in [-0.39, 0.29) is 11.3 Å². The van der Waals surface area contributed by atoms with Crippen LogP contribution in [0.4, 0.5) is 0 Å². The fourth-order valence-corrected chi connectivity index (χ4v) is 4.17. The first-order chi connectivity index (χ1) is 16.3. The van der Waals surface area contributed by atoms with Gasteiger partial charge in [0.05, 0.1) is 41.9 Å². The van der Waals surface area contributed by atoms with E-state index in [0.29, 0.717) is 35.7 Å². The normalized spacial score (nSPS) is 17.6. The standard InChI is InChI=1S/C26H28N4O4/c1-17-21(16-27-30(17)19-8-6-5-7-9-19)24(31)22-23(18-10-12-20(34-4)13-11-18)29(15-14-28(2)3)26(33)25(22)32/h5-13,16,23,31H,14-15H2,1-4H3/t23-/m1/s1. The number of ketones is 1. The Morgan fingerprint density at radius 1 is 1.09 bits per heavy atom. The van der Waals surface area contributed by atoms with Gasteiger partial charge in [-0.25, -0.2) is 4.68 Å². The zero-order valence-corrected chi connectivity index (χ0v) is 19.7. The number of aromatic nitrogens is 2. The number of amides is 1. The molecule has 1 aliphatic heterocycles. The number of ether oxygens (including phenoxy) is 1. The van der Waals surface area contributed by atoms with Crippen LogP contribution in [-0.4, -0.2) is 70.7 Å². The molecule has 0 aliphatic carbocycles. The van der Waals surface area contributed by atoms with Gasteiger partial charge in [0, 0.05) is 13.1 Å². The highest BCUT2D eigenvalue weighted by molar-refractivity contribution is 6.46. The molecule has 8 heteroatoms. The number of hydrogen-bond acceptors (Lipinski definition) is 6. The third-order valence-corrected chi connectivity index (χ3v) is 6.03. The Hall–Kier alpha value is -3.91. The Labute approximate surface area is 198 Å². The van der Waals surface area contributed by atoms with E-state index in [1.54, 1.807) is 23.9 Å². The molecule has 1 fully saturated rings. The minimum absolute atomic E-state index is 0.0598. The van der Waals surface area contributed by atoms with Crippen molar-refractivity contribution < 1.29 is 19.4 Å². The average Bonchev–Trinajstić information content (AvgIpc) is 3.35. The number of hydrogen-bond donors (Lipinski definition) is 1. The second-order valence-corrected chi connectivity index (χ2v) is 8.46. The molecule has 0 spiro atoms. The number of rotatable bonds is 7. The fraction of sp³-hybridized carbons (Fsp3) is 0.269. The van der Waals surface area contributed by atoms with Gasteiger partial charge in [0.2, 0.25) is 0 Å². The van der Waals surface area contributed by atoms with Crippen molar-refractivity contribution in [2.24, 2.45) is 0 Å². The number of carbonyl (C=O) groups is 2. The smallest absolute Gasteiger partial charge is 0.295 e. The van der Waals surface area contributed by atoms with Crippen molar-refractivity contribution in [1.82, 2.24) is 19.6 Å². The summed E-state index contributed by atoms with van der Waals surface area (Å²) in [4.78, 5) is 29.7. The van der Waals surface area contributed by atoms with Crippen LogP contribution in [0.15, 0.2) is 66.4 Å². The van der Waals surface area contributed by atoms with Gasteiger partial charge in [-0.15, -0.1) is 0 Å². The van der Waals surface area contributed by atoms with Crippen LogP contribution in [0, 0.1) is 6.92 Å². The lowest BCUT2D eigenvalue weighted by Crippen LogP contribution is -2.35. The number of likely N-dealkylation sites (N-methyl/N-ethyl adjacent to an activating group) is 1. The Morgan fingerprint density at radius 2 is 1.76 bits per heavy atom. The van der Waals surface area contributed by atoms with Crippen LogP contribution >= 0.6 is 0 Å². The van der Waals surface area contributed by atoms with E-state index in [2.05, 4.69) is 5.10 Å². The predicted molar refractivity (Wildman–Crippen MR) is 129 cm³/mol. The molecular weight excluding hydrogens is 432 g/mol. The van der Waals surface area contributed by atoms with Crippen molar-refractivity contribution in [2.45, 2.75) is 13.0 Å². The molecule has 1 atom stereocenters. The zero-order valence-electron chi connectivity index (χ0n) is 19.7. The summed E-state index contributed by atoms with van der Waals surface area (Å²) in [5, 5.41) is 15.8. The summed E-state index contributed by atoms with van der Waals surface area (Å²) in [5.41, 5.74) is 2.68. The molecule has 176 valence electrons. The molecule has 1 aromatic heterocycles. The summed E-state index contributed by atoms with van der Waals surface area (Å²) >= 11 is 0. The molecule has 1 N–H and O–H groups in total. The lowest BCUT2D eigenvalue weighted by atomic mass is 9.95. The molecule has 3 aromatic rings. The maximum absolute atomic E-state index is 13.2.